The highest BCUT2D eigenvalue weighted by molar-refractivity contribution is 6.12. The van der Waals surface area contributed by atoms with Crippen molar-refractivity contribution in [3.05, 3.63) is 101 Å². The maximum absolute atomic E-state index is 11.6. The Kier molecular flexibility index (Phi) is 16.9. The van der Waals surface area contributed by atoms with Crippen molar-refractivity contribution in [2.24, 2.45) is 23.3 Å². The number of allylic oxidation sites excluding steroid dienone is 3. The normalized spacial score (nSPS) is 20.0. The van der Waals surface area contributed by atoms with Crippen LogP contribution >= 0.6 is 0 Å². The highest BCUT2D eigenvalue weighted by atomic mass is 16.1. The van der Waals surface area contributed by atoms with Crippen LogP contribution in [0.25, 0.3) is 0 Å². The van der Waals surface area contributed by atoms with Gasteiger partial charge in [0.25, 0.3) is 0 Å². The van der Waals surface area contributed by atoms with E-state index in [1.165, 1.54) is 31.3 Å². The van der Waals surface area contributed by atoms with Crippen molar-refractivity contribution < 1.29 is 9.59 Å². The van der Waals surface area contributed by atoms with Crippen LogP contribution in [-0.4, -0.2) is 68.4 Å². The monoisotopic (exact) mass is 628 g/mol. The van der Waals surface area contributed by atoms with Crippen molar-refractivity contribution in [2.45, 2.75) is 59.0 Å². The minimum atomic E-state index is -0.110. The van der Waals surface area contributed by atoms with Gasteiger partial charge in [-0.25, -0.2) is 0 Å². The van der Waals surface area contributed by atoms with Crippen LogP contribution in [0.3, 0.4) is 0 Å². The second-order valence-electron chi connectivity index (χ2n) is 11.6. The van der Waals surface area contributed by atoms with Crippen LogP contribution in [0.1, 0.15) is 79.5 Å². The predicted molar refractivity (Wildman–Crippen MR) is 193 cm³/mol. The number of nitrogens with one attached hydrogen (secondary N) is 2. The Bertz CT molecular complexity index is 1320. The van der Waals surface area contributed by atoms with Crippen molar-refractivity contribution in [1.29, 1.82) is 5.41 Å². The van der Waals surface area contributed by atoms with Gasteiger partial charge in [-0.1, -0.05) is 80.1 Å². The molecular weight excluding hydrogens is 572 g/mol. The van der Waals surface area contributed by atoms with Crippen molar-refractivity contribution in [3.8, 4) is 0 Å². The van der Waals surface area contributed by atoms with Gasteiger partial charge in [-0.15, -0.1) is 0 Å². The minimum Gasteiger partial charge on any atom is -0.377 e. The molecule has 6 N–H and O–H groups in total. The average Bonchev–Trinajstić information content (AvgIpc) is 3.96. The van der Waals surface area contributed by atoms with Gasteiger partial charge < -0.3 is 36.8 Å². The first-order chi connectivity index (χ1) is 22.4. The maximum Gasteiger partial charge on any atom is 0.150 e. The summed E-state index contributed by atoms with van der Waals surface area (Å²) in [7, 11) is 3.65. The molecular formula is C38H56N6O2. The van der Waals surface area contributed by atoms with Crippen LogP contribution in [0.15, 0.2) is 78.5 Å². The summed E-state index contributed by atoms with van der Waals surface area (Å²) in [5, 5.41) is 12.7. The fourth-order valence-corrected chi connectivity index (χ4v) is 5.45. The summed E-state index contributed by atoms with van der Waals surface area (Å²) in [6.45, 7) is 15.0. The van der Waals surface area contributed by atoms with E-state index in [2.05, 4.69) is 65.7 Å². The fraction of sp³-hybridized carbons (Fsp3) is 0.447. The maximum atomic E-state index is 11.6. The third-order valence-corrected chi connectivity index (χ3v) is 8.42. The van der Waals surface area contributed by atoms with E-state index in [0.717, 1.165) is 73.7 Å². The van der Waals surface area contributed by atoms with Gasteiger partial charge >= 0.3 is 0 Å². The molecule has 8 heteroatoms. The number of hydrogen-bond donors (Lipinski definition) is 4. The van der Waals surface area contributed by atoms with E-state index in [-0.39, 0.29) is 12.0 Å². The SMILES string of the molecule is C=CN1CCN(C)CC1.CC.CC1=CC=C(C2C(=N)c3c(C=O)cccc3NC2c2ccc(CN)cc2)CC1.CN.O=CC1CC1. The zero-order valence-electron chi connectivity index (χ0n) is 28.6. The smallest absolute Gasteiger partial charge is 0.150 e. The summed E-state index contributed by atoms with van der Waals surface area (Å²) in [4.78, 5) is 25.8. The molecule has 0 radical (unpaired) electrons. The number of nitrogens with two attached hydrogens (primary N) is 2. The number of carbonyl (C=O) groups excluding carboxylic acids is 2. The molecule has 2 aliphatic heterocycles. The Balaban J connectivity index is 0.000000334. The third kappa shape index (κ3) is 10.9. The molecule has 8 nitrogen and oxygen atoms in total. The molecule has 2 unspecified atom stereocenters. The second kappa shape index (κ2) is 20.3. The van der Waals surface area contributed by atoms with Crippen molar-refractivity contribution in [3.63, 3.8) is 0 Å². The topological polar surface area (TPSA) is 129 Å². The van der Waals surface area contributed by atoms with Crippen LogP contribution in [0, 0.1) is 17.2 Å². The molecule has 2 aromatic rings. The van der Waals surface area contributed by atoms with Gasteiger partial charge in [-0.2, -0.15) is 0 Å². The number of piperazine rings is 1. The van der Waals surface area contributed by atoms with Gasteiger partial charge in [0, 0.05) is 61.4 Å². The molecule has 0 bridgehead atoms. The van der Waals surface area contributed by atoms with E-state index in [1.54, 1.807) is 6.07 Å². The Morgan fingerprint density at radius 3 is 2.11 bits per heavy atom. The number of likely N-dealkylation sites (N-methyl/N-ethyl adjacent to an activating group) is 1. The number of hydrogen-bond acceptors (Lipinski definition) is 8. The van der Waals surface area contributed by atoms with Gasteiger partial charge in [0.2, 0.25) is 0 Å². The molecule has 46 heavy (non-hydrogen) atoms. The Morgan fingerprint density at radius 1 is 0.978 bits per heavy atom. The number of anilines is 1. The van der Waals surface area contributed by atoms with E-state index in [0.29, 0.717) is 23.7 Å². The van der Waals surface area contributed by atoms with E-state index >= 15 is 0 Å². The number of aldehydes is 2. The van der Waals surface area contributed by atoms with Gasteiger partial charge in [0.15, 0.2) is 6.29 Å². The van der Waals surface area contributed by atoms with Gasteiger partial charge in [-0.3, -0.25) is 4.79 Å². The van der Waals surface area contributed by atoms with Crippen LogP contribution < -0.4 is 16.8 Å². The molecule has 2 aliphatic carbocycles. The van der Waals surface area contributed by atoms with Crippen LogP contribution in [0.5, 0.6) is 0 Å². The third-order valence-electron chi connectivity index (χ3n) is 8.42. The van der Waals surface area contributed by atoms with Crippen LogP contribution in [-0.2, 0) is 11.3 Å². The average molecular weight is 629 g/mol. The standard InChI is InChI=1S/C24H25N3O.C7H14N2.C4H6O.C2H6.CH5N/c1-15-5-9-17(10-6-15)22-23(26)21-19(14-28)3-2-4-20(21)27-24(22)18-11-7-16(13-25)8-12-18;1-3-9-6-4-8(2)5-7-9;5-3-4-1-2-4;2*1-2/h2-5,7-9,11-12,14,22,24,26-27H,6,10,13,25H2,1H3;3H,1,4-7H2,2H3;3-4H,1-2H2;1-2H3;2H2,1H3. The summed E-state index contributed by atoms with van der Waals surface area (Å²) in [5.41, 5.74) is 17.7. The molecule has 1 saturated heterocycles. The number of rotatable bonds is 6. The zero-order chi connectivity index (χ0) is 34.1. The molecule has 2 atom stereocenters. The van der Waals surface area contributed by atoms with Gasteiger partial charge in [0.1, 0.15) is 6.29 Å². The Hall–Kier alpha value is -3.85. The summed E-state index contributed by atoms with van der Waals surface area (Å²) < 4.78 is 0. The summed E-state index contributed by atoms with van der Waals surface area (Å²) in [6, 6.07) is 13.8. The molecule has 4 aliphatic rings. The van der Waals surface area contributed by atoms with Crippen molar-refractivity contribution in [1.82, 2.24) is 9.80 Å². The van der Waals surface area contributed by atoms with E-state index in [4.69, 9.17) is 11.1 Å². The molecule has 1 saturated carbocycles. The van der Waals surface area contributed by atoms with Crippen molar-refractivity contribution >= 4 is 24.0 Å². The van der Waals surface area contributed by atoms with Gasteiger partial charge in [0.05, 0.1) is 11.8 Å². The van der Waals surface area contributed by atoms with Crippen LogP contribution in [0.4, 0.5) is 5.69 Å². The minimum absolute atomic E-state index is 0.0493. The summed E-state index contributed by atoms with van der Waals surface area (Å²) in [5.74, 6) is 0.344. The summed E-state index contributed by atoms with van der Waals surface area (Å²) in [6.07, 6.45) is 12.3. The van der Waals surface area contributed by atoms with Crippen LogP contribution in [0.2, 0.25) is 0 Å². The fourth-order valence-electron chi connectivity index (χ4n) is 5.45. The zero-order valence-corrected chi connectivity index (χ0v) is 28.6. The first-order valence-corrected chi connectivity index (χ1v) is 16.5. The highest BCUT2D eigenvalue weighted by Gasteiger charge is 2.37. The largest absolute Gasteiger partial charge is 0.377 e. The molecule has 2 aromatic carbocycles. The lowest BCUT2D eigenvalue weighted by molar-refractivity contribution is -0.108. The first kappa shape index (κ1) is 38.3. The summed E-state index contributed by atoms with van der Waals surface area (Å²) >= 11 is 0. The number of fused-ring (bicyclic) bond motifs is 1. The number of carbonyl (C=O) groups is 2. The first-order valence-electron chi connectivity index (χ1n) is 16.5. The van der Waals surface area contributed by atoms with E-state index in [1.807, 2.05) is 44.3 Å². The number of benzene rings is 2. The quantitative estimate of drug-likeness (QED) is 0.275. The Morgan fingerprint density at radius 2 is 1.63 bits per heavy atom. The molecule has 250 valence electrons. The molecule has 0 spiro atoms. The molecule has 6 rings (SSSR count). The predicted octanol–water partition coefficient (Wildman–Crippen LogP) is 6.35. The molecule has 0 amide bonds. The Labute approximate surface area is 277 Å². The molecule has 2 fully saturated rings. The lowest BCUT2D eigenvalue weighted by Crippen LogP contribution is -2.41. The van der Waals surface area contributed by atoms with E-state index in [9.17, 15) is 9.59 Å². The highest BCUT2D eigenvalue weighted by Crippen LogP contribution is 2.43. The lowest BCUT2D eigenvalue weighted by Gasteiger charge is -2.38. The van der Waals surface area contributed by atoms with Gasteiger partial charge in [-0.05, 0) is 70.1 Å². The van der Waals surface area contributed by atoms with E-state index < -0.39 is 0 Å². The number of nitrogens with zero attached hydrogens (tertiary/aromatic N) is 2. The molecule has 2 heterocycles. The molecule has 0 aromatic heterocycles. The lowest BCUT2D eigenvalue weighted by atomic mass is 9.74. The second-order valence-corrected chi connectivity index (χ2v) is 11.6. The van der Waals surface area contributed by atoms with Crippen molar-refractivity contribution in [2.75, 3.05) is 45.6 Å².